The number of carbonyl (C=O) groups excluding carboxylic acids is 3. The summed E-state index contributed by atoms with van der Waals surface area (Å²) < 4.78 is 15.4. The molecule has 0 spiro atoms. The number of anilines is 2. The molecule has 3 rings (SSSR count). The second-order valence-electron chi connectivity index (χ2n) is 6.46. The third kappa shape index (κ3) is 4.84. The van der Waals surface area contributed by atoms with E-state index in [2.05, 4.69) is 5.32 Å². The van der Waals surface area contributed by atoms with E-state index in [-0.39, 0.29) is 18.9 Å². The minimum absolute atomic E-state index is 0.0407. The molecule has 152 valence electrons. The van der Waals surface area contributed by atoms with E-state index < -0.39 is 24.4 Å². The summed E-state index contributed by atoms with van der Waals surface area (Å²) in [6, 6.07) is 13.9. The SMILES string of the molecule is COc1ccc(N2C[C@H](C(=O)OCC(=O)Nc3ccccc3OC)CC2=O)cc1. The molecule has 1 atom stereocenters. The monoisotopic (exact) mass is 398 g/mol. The molecule has 0 saturated carbocycles. The van der Waals surface area contributed by atoms with Crippen molar-refractivity contribution in [2.24, 2.45) is 5.92 Å². The highest BCUT2D eigenvalue weighted by Gasteiger charge is 2.36. The van der Waals surface area contributed by atoms with Gasteiger partial charge in [-0.05, 0) is 36.4 Å². The molecule has 2 aromatic rings. The van der Waals surface area contributed by atoms with Gasteiger partial charge in [0.2, 0.25) is 5.91 Å². The van der Waals surface area contributed by atoms with Gasteiger partial charge in [-0.1, -0.05) is 12.1 Å². The van der Waals surface area contributed by atoms with Crippen molar-refractivity contribution in [3.63, 3.8) is 0 Å². The maximum Gasteiger partial charge on any atom is 0.311 e. The van der Waals surface area contributed by atoms with Crippen LogP contribution < -0.4 is 19.7 Å². The van der Waals surface area contributed by atoms with Crippen LogP contribution >= 0.6 is 0 Å². The molecule has 0 unspecified atom stereocenters. The second-order valence-corrected chi connectivity index (χ2v) is 6.46. The van der Waals surface area contributed by atoms with Gasteiger partial charge in [-0.25, -0.2) is 0 Å². The summed E-state index contributed by atoms with van der Waals surface area (Å²) in [6.07, 6.45) is 0.0407. The fourth-order valence-corrected chi connectivity index (χ4v) is 3.07. The molecule has 1 aliphatic heterocycles. The van der Waals surface area contributed by atoms with Crippen LogP contribution in [0.15, 0.2) is 48.5 Å². The third-order valence-corrected chi connectivity index (χ3v) is 4.57. The minimum Gasteiger partial charge on any atom is -0.497 e. The molecule has 0 aliphatic carbocycles. The van der Waals surface area contributed by atoms with Gasteiger partial charge in [0, 0.05) is 18.7 Å². The second kappa shape index (κ2) is 9.09. The molecule has 1 N–H and O–H groups in total. The number of carbonyl (C=O) groups is 3. The Balaban J connectivity index is 1.53. The average molecular weight is 398 g/mol. The van der Waals surface area contributed by atoms with Crippen LogP contribution in [0.2, 0.25) is 0 Å². The Hall–Kier alpha value is -3.55. The number of hydrogen-bond acceptors (Lipinski definition) is 6. The molecule has 0 bridgehead atoms. The van der Waals surface area contributed by atoms with Crippen molar-refractivity contribution in [3.05, 3.63) is 48.5 Å². The van der Waals surface area contributed by atoms with Gasteiger partial charge >= 0.3 is 5.97 Å². The van der Waals surface area contributed by atoms with Gasteiger partial charge in [0.15, 0.2) is 6.61 Å². The summed E-state index contributed by atoms with van der Waals surface area (Å²) in [7, 11) is 3.06. The highest BCUT2D eigenvalue weighted by atomic mass is 16.5. The maximum absolute atomic E-state index is 12.3. The molecule has 1 aliphatic rings. The summed E-state index contributed by atoms with van der Waals surface area (Å²) >= 11 is 0. The predicted octanol–water partition coefficient (Wildman–Crippen LogP) is 2.24. The average Bonchev–Trinajstić information content (AvgIpc) is 3.14. The number of para-hydroxylation sites is 2. The summed E-state index contributed by atoms with van der Waals surface area (Å²) in [5, 5.41) is 2.63. The Labute approximate surface area is 168 Å². The number of nitrogens with one attached hydrogen (secondary N) is 1. The van der Waals surface area contributed by atoms with Crippen LogP contribution in [0.4, 0.5) is 11.4 Å². The summed E-state index contributed by atoms with van der Waals surface area (Å²) in [6.45, 7) is -0.234. The highest BCUT2D eigenvalue weighted by molar-refractivity contribution is 6.00. The van der Waals surface area contributed by atoms with Crippen LogP contribution in [0.1, 0.15) is 6.42 Å². The number of nitrogens with zero attached hydrogens (tertiary/aromatic N) is 1. The van der Waals surface area contributed by atoms with Crippen LogP contribution in [0, 0.1) is 5.92 Å². The lowest BCUT2D eigenvalue weighted by molar-refractivity contribution is -0.151. The molecular weight excluding hydrogens is 376 g/mol. The van der Waals surface area contributed by atoms with Gasteiger partial charge in [-0.15, -0.1) is 0 Å². The van der Waals surface area contributed by atoms with Crippen LogP contribution in [0.25, 0.3) is 0 Å². The molecule has 0 aromatic heterocycles. The largest absolute Gasteiger partial charge is 0.497 e. The standard InChI is InChI=1S/C21H22N2O6/c1-27-16-9-7-15(8-10-16)23-12-14(11-20(23)25)21(26)29-13-19(24)22-17-5-3-4-6-18(17)28-2/h3-10,14H,11-13H2,1-2H3,(H,22,24)/t14-/m1/s1. The minimum atomic E-state index is -0.622. The van der Waals surface area contributed by atoms with Gasteiger partial charge in [-0.3, -0.25) is 14.4 Å². The van der Waals surface area contributed by atoms with Gasteiger partial charge < -0.3 is 24.4 Å². The van der Waals surface area contributed by atoms with Crippen LogP contribution in [-0.4, -0.2) is 45.2 Å². The Morgan fingerprint density at radius 1 is 1.07 bits per heavy atom. The lowest BCUT2D eigenvalue weighted by Crippen LogP contribution is -2.28. The zero-order valence-corrected chi connectivity index (χ0v) is 16.2. The summed E-state index contributed by atoms with van der Waals surface area (Å²) in [5.74, 6) is -0.677. The zero-order valence-electron chi connectivity index (χ0n) is 16.2. The number of amides is 2. The lowest BCUT2D eigenvalue weighted by Gasteiger charge is -2.17. The normalized spacial score (nSPS) is 15.7. The number of methoxy groups -OCH3 is 2. The van der Waals surface area contributed by atoms with E-state index in [0.717, 1.165) is 0 Å². The van der Waals surface area contributed by atoms with Gasteiger partial charge in [-0.2, -0.15) is 0 Å². The third-order valence-electron chi connectivity index (χ3n) is 4.57. The highest BCUT2D eigenvalue weighted by Crippen LogP contribution is 2.27. The van der Waals surface area contributed by atoms with E-state index in [0.29, 0.717) is 22.9 Å². The van der Waals surface area contributed by atoms with Crippen LogP contribution in [0.5, 0.6) is 11.5 Å². The van der Waals surface area contributed by atoms with Crippen LogP contribution in [0.3, 0.4) is 0 Å². The Morgan fingerprint density at radius 3 is 2.48 bits per heavy atom. The first-order valence-corrected chi connectivity index (χ1v) is 9.05. The zero-order chi connectivity index (χ0) is 20.8. The summed E-state index contributed by atoms with van der Waals surface area (Å²) in [4.78, 5) is 38.2. The molecule has 1 saturated heterocycles. The fourth-order valence-electron chi connectivity index (χ4n) is 3.07. The number of rotatable bonds is 7. The van der Waals surface area contributed by atoms with E-state index in [1.807, 2.05) is 0 Å². The van der Waals surface area contributed by atoms with Crippen molar-refractivity contribution in [3.8, 4) is 11.5 Å². The molecule has 2 aromatic carbocycles. The van der Waals surface area contributed by atoms with Crippen molar-refractivity contribution in [2.75, 3.05) is 37.6 Å². The molecule has 1 heterocycles. The van der Waals surface area contributed by atoms with Crippen molar-refractivity contribution in [1.29, 1.82) is 0 Å². The lowest BCUT2D eigenvalue weighted by atomic mass is 10.1. The van der Waals surface area contributed by atoms with E-state index in [1.54, 1.807) is 55.6 Å². The first kappa shape index (κ1) is 20.2. The van der Waals surface area contributed by atoms with E-state index in [4.69, 9.17) is 14.2 Å². The number of esters is 1. The van der Waals surface area contributed by atoms with Gasteiger partial charge in [0.1, 0.15) is 11.5 Å². The van der Waals surface area contributed by atoms with Gasteiger partial charge in [0.25, 0.3) is 5.91 Å². The smallest absolute Gasteiger partial charge is 0.311 e. The number of benzene rings is 2. The van der Waals surface area contributed by atoms with E-state index >= 15 is 0 Å². The van der Waals surface area contributed by atoms with Crippen molar-refractivity contribution in [1.82, 2.24) is 0 Å². The van der Waals surface area contributed by atoms with E-state index in [1.165, 1.54) is 12.0 Å². The Morgan fingerprint density at radius 2 is 1.79 bits per heavy atom. The number of ether oxygens (including phenoxy) is 3. The first-order chi connectivity index (χ1) is 14.0. The Bertz CT molecular complexity index is 896. The molecule has 0 radical (unpaired) electrons. The molecule has 8 nitrogen and oxygen atoms in total. The first-order valence-electron chi connectivity index (χ1n) is 9.05. The van der Waals surface area contributed by atoms with Crippen LogP contribution in [-0.2, 0) is 19.1 Å². The molecule has 8 heteroatoms. The Kier molecular flexibility index (Phi) is 6.33. The predicted molar refractivity (Wildman–Crippen MR) is 106 cm³/mol. The topological polar surface area (TPSA) is 94.2 Å². The van der Waals surface area contributed by atoms with Crippen molar-refractivity contribution < 1.29 is 28.6 Å². The maximum atomic E-state index is 12.3. The molecule has 29 heavy (non-hydrogen) atoms. The molecule has 1 fully saturated rings. The summed E-state index contributed by atoms with van der Waals surface area (Å²) in [5.41, 5.74) is 1.16. The number of hydrogen-bond donors (Lipinski definition) is 1. The molecule has 2 amide bonds. The fraction of sp³-hybridized carbons (Fsp3) is 0.286. The van der Waals surface area contributed by atoms with Crippen molar-refractivity contribution in [2.45, 2.75) is 6.42 Å². The van der Waals surface area contributed by atoms with Crippen molar-refractivity contribution >= 4 is 29.2 Å². The van der Waals surface area contributed by atoms with E-state index in [9.17, 15) is 14.4 Å². The van der Waals surface area contributed by atoms with Gasteiger partial charge in [0.05, 0.1) is 25.8 Å². The quantitative estimate of drug-likeness (QED) is 0.719. The molecular formula is C21H22N2O6.